The number of hydrogen-bond acceptors (Lipinski definition) is 4. The van der Waals surface area contributed by atoms with E-state index in [4.69, 9.17) is 15.6 Å². The lowest BCUT2D eigenvalue weighted by atomic mass is 10.1. The van der Waals surface area contributed by atoms with Crippen LogP contribution < -0.4 is 10.5 Å². The number of aryl methyl sites for hydroxylation is 2. The molecule has 0 heterocycles. The predicted molar refractivity (Wildman–Crippen MR) is 74.3 cm³/mol. The first-order valence-electron chi connectivity index (χ1n) is 5.76. The van der Waals surface area contributed by atoms with Gasteiger partial charge in [-0.25, -0.2) is 0 Å². The number of carboxylic acid groups (broad SMARTS) is 1. The second kappa shape index (κ2) is 7.28. The van der Waals surface area contributed by atoms with Crippen molar-refractivity contribution in [3.05, 3.63) is 29.3 Å². The highest BCUT2D eigenvalue weighted by atomic mass is 32.2. The maximum Gasteiger partial charge on any atom is 0.321 e. The Kier molecular flexibility index (Phi) is 6.01. The van der Waals surface area contributed by atoms with Gasteiger partial charge in [0, 0.05) is 11.5 Å². The van der Waals surface area contributed by atoms with Crippen molar-refractivity contribution < 1.29 is 14.6 Å². The Morgan fingerprint density at radius 3 is 2.56 bits per heavy atom. The SMILES string of the molecule is Cc1cc(C)cc(OCCSC[C@H](N)C(=O)O)c1. The molecule has 100 valence electrons. The van der Waals surface area contributed by atoms with Crippen LogP contribution in [0.4, 0.5) is 0 Å². The van der Waals surface area contributed by atoms with E-state index in [-0.39, 0.29) is 0 Å². The molecule has 1 aromatic carbocycles. The molecule has 0 unspecified atom stereocenters. The van der Waals surface area contributed by atoms with E-state index in [0.29, 0.717) is 12.4 Å². The largest absolute Gasteiger partial charge is 0.493 e. The normalized spacial score (nSPS) is 12.2. The Bertz CT molecular complexity index is 389. The van der Waals surface area contributed by atoms with Crippen LogP contribution in [0.5, 0.6) is 5.75 Å². The molecule has 18 heavy (non-hydrogen) atoms. The zero-order chi connectivity index (χ0) is 13.5. The highest BCUT2D eigenvalue weighted by Gasteiger charge is 2.10. The fourth-order valence-electron chi connectivity index (χ4n) is 1.52. The maximum absolute atomic E-state index is 10.5. The highest BCUT2D eigenvalue weighted by Crippen LogP contribution is 2.16. The molecule has 0 aliphatic carbocycles. The third-order valence-corrected chi connectivity index (χ3v) is 3.36. The molecule has 0 bridgehead atoms. The molecule has 0 aromatic heterocycles. The molecular formula is C13H19NO3S. The van der Waals surface area contributed by atoms with Crippen molar-refractivity contribution in [3.8, 4) is 5.75 Å². The third-order valence-electron chi connectivity index (χ3n) is 2.31. The van der Waals surface area contributed by atoms with Gasteiger partial charge in [0.25, 0.3) is 0 Å². The molecule has 0 saturated heterocycles. The van der Waals surface area contributed by atoms with Crippen LogP contribution >= 0.6 is 11.8 Å². The summed E-state index contributed by atoms with van der Waals surface area (Å²) in [5.74, 6) is 1.04. The van der Waals surface area contributed by atoms with Gasteiger partial charge >= 0.3 is 5.97 Å². The standard InChI is InChI=1S/C13H19NO3S/c1-9-5-10(2)7-11(6-9)17-3-4-18-8-12(14)13(15)16/h5-7,12H,3-4,8,14H2,1-2H3,(H,15,16)/t12-/m0/s1. The lowest BCUT2D eigenvalue weighted by Gasteiger charge is -2.09. The molecule has 4 nitrogen and oxygen atoms in total. The van der Waals surface area contributed by atoms with Gasteiger partial charge in [-0.1, -0.05) is 6.07 Å². The zero-order valence-corrected chi connectivity index (χ0v) is 11.5. The number of ether oxygens (including phenoxy) is 1. The minimum absolute atomic E-state index is 0.408. The molecule has 0 aliphatic rings. The van der Waals surface area contributed by atoms with Crippen molar-refractivity contribution in [2.75, 3.05) is 18.1 Å². The summed E-state index contributed by atoms with van der Waals surface area (Å²) in [6.45, 7) is 4.61. The topological polar surface area (TPSA) is 72.5 Å². The number of carbonyl (C=O) groups is 1. The number of thioether (sulfide) groups is 1. The van der Waals surface area contributed by atoms with E-state index >= 15 is 0 Å². The number of hydrogen-bond donors (Lipinski definition) is 2. The zero-order valence-electron chi connectivity index (χ0n) is 10.7. The fraction of sp³-hybridized carbons (Fsp3) is 0.462. The second-order valence-corrected chi connectivity index (χ2v) is 5.34. The lowest BCUT2D eigenvalue weighted by Crippen LogP contribution is -2.32. The van der Waals surface area contributed by atoms with Crippen molar-refractivity contribution in [2.24, 2.45) is 5.73 Å². The smallest absolute Gasteiger partial charge is 0.321 e. The summed E-state index contributed by atoms with van der Waals surface area (Å²) in [7, 11) is 0. The van der Waals surface area contributed by atoms with E-state index in [1.165, 1.54) is 22.9 Å². The quantitative estimate of drug-likeness (QED) is 0.739. The minimum Gasteiger partial charge on any atom is -0.493 e. The number of carboxylic acids is 1. The Hall–Kier alpha value is -1.20. The summed E-state index contributed by atoms with van der Waals surface area (Å²) in [4.78, 5) is 10.5. The summed E-state index contributed by atoms with van der Waals surface area (Å²) < 4.78 is 5.60. The number of aliphatic carboxylic acids is 1. The first kappa shape index (κ1) is 14.9. The van der Waals surface area contributed by atoms with Gasteiger partial charge < -0.3 is 15.6 Å². The lowest BCUT2D eigenvalue weighted by molar-refractivity contribution is -0.137. The third kappa shape index (κ3) is 5.42. The van der Waals surface area contributed by atoms with E-state index in [1.54, 1.807) is 0 Å². The molecule has 0 aliphatic heterocycles. The van der Waals surface area contributed by atoms with Crippen LogP contribution in [0.3, 0.4) is 0 Å². The Morgan fingerprint density at radius 2 is 2.00 bits per heavy atom. The van der Waals surface area contributed by atoms with E-state index in [2.05, 4.69) is 6.07 Å². The van der Waals surface area contributed by atoms with E-state index in [0.717, 1.165) is 11.5 Å². The van der Waals surface area contributed by atoms with Crippen LogP contribution in [0.1, 0.15) is 11.1 Å². The van der Waals surface area contributed by atoms with Gasteiger partial charge in [0.15, 0.2) is 0 Å². The van der Waals surface area contributed by atoms with Gasteiger partial charge in [-0.3, -0.25) is 4.79 Å². The molecule has 5 heteroatoms. The summed E-state index contributed by atoms with van der Waals surface area (Å²) >= 11 is 1.49. The number of nitrogens with two attached hydrogens (primary N) is 1. The average molecular weight is 269 g/mol. The van der Waals surface area contributed by atoms with Crippen LogP contribution in [0.15, 0.2) is 18.2 Å². The summed E-state index contributed by atoms with van der Waals surface area (Å²) in [6.07, 6.45) is 0. The molecule has 0 spiro atoms. The predicted octanol–water partition coefficient (Wildman–Crippen LogP) is 1.83. The molecule has 0 fully saturated rings. The van der Waals surface area contributed by atoms with Crippen molar-refractivity contribution in [1.82, 2.24) is 0 Å². The molecule has 0 saturated carbocycles. The number of rotatable bonds is 7. The summed E-state index contributed by atoms with van der Waals surface area (Å²) in [5.41, 5.74) is 7.73. The molecule has 0 radical (unpaired) electrons. The van der Waals surface area contributed by atoms with E-state index in [1.807, 2.05) is 26.0 Å². The van der Waals surface area contributed by atoms with Crippen molar-refractivity contribution in [3.63, 3.8) is 0 Å². The minimum atomic E-state index is -0.960. The van der Waals surface area contributed by atoms with E-state index in [9.17, 15) is 4.79 Å². The van der Waals surface area contributed by atoms with Crippen LogP contribution in [0.2, 0.25) is 0 Å². The molecule has 3 N–H and O–H groups in total. The maximum atomic E-state index is 10.5. The van der Waals surface area contributed by atoms with Gasteiger partial charge in [-0.15, -0.1) is 0 Å². The fourth-order valence-corrected chi connectivity index (χ4v) is 2.28. The second-order valence-electron chi connectivity index (χ2n) is 4.19. The van der Waals surface area contributed by atoms with Crippen molar-refractivity contribution >= 4 is 17.7 Å². The summed E-state index contributed by atoms with van der Waals surface area (Å²) in [5, 5.41) is 8.61. The highest BCUT2D eigenvalue weighted by molar-refractivity contribution is 7.99. The van der Waals surface area contributed by atoms with Crippen LogP contribution in [-0.4, -0.2) is 35.2 Å². The van der Waals surface area contributed by atoms with Gasteiger partial charge in [-0.05, 0) is 37.1 Å². The van der Waals surface area contributed by atoms with Gasteiger partial charge in [0.2, 0.25) is 0 Å². The average Bonchev–Trinajstić information content (AvgIpc) is 2.26. The first-order valence-corrected chi connectivity index (χ1v) is 6.91. The van der Waals surface area contributed by atoms with Crippen LogP contribution in [0, 0.1) is 13.8 Å². The molecule has 1 aromatic rings. The van der Waals surface area contributed by atoms with E-state index < -0.39 is 12.0 Å². The first-order chi connectivity index (χ1) is 8.49. The van der Waals surface area contributed by atoms with Crippen molar-refractivity contribution in [2.45, 2.75) is 19.9 Å². The molecule has 1 atom stereocenters. The van der Waals surface area contributed by atoms with Crippen LogP contribution in [0.25, 0.3) is 0 Å². The monoisotopic (exact) mass is 269 g/mol. The Morgan fingerprint density at radius 1 is 1.39 bits per heavy atom. The number of benzene rings is 1. The van der Waals surface area contributed by atoms with Gasteiger partial charge in [-0.2, -0.15) is 11.8 Å². The van der Waals surface area contributed by atoms with Crippen molar-refractivity contribution in [1.29, 1.82) is 0 Å². The van der Waals surface area contributed by atoms with Gasteiger partial charge in [0.1, 0.15) is 11.8 Å². The summed E-state index contributed by atoms with van der Waals surface area (Å²) in [6, 6.07) is 5.27. The molecule has 0 amide bonds. The van der Waals surface area contributed by atoms with Gasteiger partial charge in [0.05, 0.1) is 6.61 Å². The Balaban J connectivity index is 2.23. The Labute approximate surface area is 112 Å². The van der Waals surface area contributed by atoms with Crippen LogP contribution in [-0.2, 0) is 4.79 Å². The molecule has 1 rings (SSSR count). The molecular weight excluding hydrogens is 250 g/mol.